The van der Waals surface area contributed by atoms with E-state index in [2.05, 4.69) is 0 Å². The molecule has 180 valence electrons. The first-order valence-corrected chi connectivity index (χ1v) is 11.4. The second-order valence-electron chi connectivity index (χ2n) is 7.88. The smallest absolute Gasteiger partial charge is 0.652 e. The molecule has 1 aliphatic heterocycles. The SMILES string of the molecule is NCC1(CCOc2ccc3cc(O)c(N4CC(=O)NS4(=O)=O)c(F)c3c2)CCC1.O=C([O-])[O-].[Cs+].[Cs+]. The first-order valence-electron chi connectivity index (χ1n) is 9.97. The fourth-order valence-corrected chi connectivity index (χ4v) is 5.06. The van der Waals surface area contributed by atoms with E-state index in [0.717, 1.165) is 19.3 Å². The summed E-state index contributed by atoms with van der Waals surface area (Å²) < 4.78 is 47.4. The van der Waals surface area contributed by atoms with Crippen LogP contribution in [0, 0.1) is 11.2 Å². The number of carboxylic acid groups (broad SMARTS) is 2. The number of fused-ring (bicyclic) bond motifs is 1. The van der Waals surface area contributed by atoms with Crippen molar-refractivity contribution in [2.45, 2.75) is 25.7 Å². The van der Waals surface area contributed by atoms with Crippen LogP contribution in [0.2, 0.25) is 0 Å². The number of anilines is 1. The Bertz CT molecular complexity index is 1190. The van der Waals surface area contributed by atoms with Crippen LogP contribution in [-0.2, 0) is 15.0 Å². The number of phenolic OH excluding ortho intramolecular Hbond substituents is 1. The summed E-state index contributed by atoms with van der Waals surface area (Å²) in [6, 6.07) is 5.96. The van der Waals surface area contributed by atoms with Gasteiger partial charge >= 0.3 is 148 Å². The molecule has 0 radical (unpaired) electrons. The Hall–Kier alpha value is 0.784. The third kappa shape index (κ3) is 8.38. The van der Waals surface area contributed by atoms with Crippen molar-refractivity contribution in [2.75, 3.05) is 24.0 Å². The molecular weight excluding hydrogens is 727 g/mol. The predicted molar refractivity (Wildman–Crippen MR) is 111 cm³/mol. The quantitative estimate of drug-likeness (QED) is 0.259. The maximum Gasteiger partial charge on any atom is 1.00 e. The Kier molecular flexibility index (Phi) is 13.8. The van der Waals surface area contributed by atoms with Crippen molar-refractivity contribution in [3.05, 3.63) is 30.1 Å². The van der Waals surface area contributed by atoms with E-state index in [1.165, 1.54) is 18.6 Å². The number of nitrogens with one attached hydrogen (secondary N) is 1. The van der Waals surface area contributed by atoms with Crippen molar-refractivity contribution in [3.8, 4) is 11.5 Å². The molecule has 0 spiro atoms. The predicted octanol–water partition coefficient (Wildman–Crippen LogP) is -6.68. The van der Waals surface area contributed by atoms with Crippen molar-refractivity contribution < 1.29 is 180 Å². The zero-order valence-corrected chi connectivity index (χ0v) is 32.8. The Balaban J connectivity index is 0.000000950. The van der Waals surface area contributed by atoms with E-state index in [1.807, 2.05) is 0 Å². The van der Waals surface area contributed by atoms with Crippen molar-refractivity contribution in [1.82, 2.24) is 4.72 Å². The second kappa shape index (κ2) is 14.2. The van der Waals surface area contributed by atoms with E-state index in [1.54, 1.807) is 16.9 Å². The van der Waals surface area contributed by atoms with Crippen molar-refractivity contribution in [3.63, 3.8) is 0 Å². The molecule has 4 N–H and O–H groups in total. The molecule has 2 fully saturated rings. The fourth-order valence-electron chi connectivity index (χ4n) is 3.90. The number of hydrogen-bond acceptors (Lipinski definition) is 9. The summed E-state index contributed by atoms with van der Waals surface area (Å²) in [5.41, 5.74) is 5.42. The van der Waals surface area contributed by atoms with Crippen LogP contribution in [0.3, 0.4) is 0 Å². The van der Waals surface area contributed by atoms with E-state index < -0.39 is 46.1 Å². The van der Waals surface area contributed by atoms with Gasteiger partial charge in [-0.05, 0) is 61.0 Å². The number of rotatable bonds is 6. The molecule has 4 rings (SSSR count). The Morgan fingerprint density at radius 2 is 1.89 bits per heavy atom. The molecule has 0 unspecified atom stereocenters. The fraction of sp³-hybridized carbons (Fsp3) is 0.400. The topological polar surface area (TPSA) is 185 Å². The maximum atomic E-state index is 15.2. The van der Waals surface area contributed by atoms with Crippen LogP contribution in [0.15, 0.2) is 24.3 Å². The van der Waals surface area contributed by atoms with Crippen LogP contribution in [0.25, 0.3) is 10.8 Å². The molecule has 1 aliphatic carbocycles. The zero-order chi connectivity index (χ0) is 24.4. The molecule has 2 aromatic carbocycles. The van der Waals surface area contributed by atoms with Crippen LogP contribution in [0.5, 0.6) is 11.5 Å². The van der Waals surface area contributed by atoms with E-state index in [4.69, 9.17) is 25.5 Å². The number of hydrogen-bond donors (Lipinski definition) is 3. The summed E-state index contributed by atoms with van der Waals surface area (Å²) in [7, 11) is -4.25. The van der Waals surface area contributed by atoms with Gasteiger partial charge < -0.3 is 30.6 Å². The average Bonchev–Trinajstić information content (AvgIpc) is 2.96. The summed E-state index contributed by atoms with van der Waals surface area (Å²) >= 11 is 0. The Labute approximate surface area is 319 Å². The molecule has 0 atom stereocenters. The summed E-state index contributed by atoms with van der Waals surface area (Å²) in [5.74, 6) is -1.88. The van der Waals surface area contributed by atoms with Gasteiger partial charge in [-0.25, -0.2) is 13.4 Å². The largest absolute Gasteiger partial charge is 1.00 e. The second-order valence-corrected chi connectivity index (χ2v) is 9.48. The first kappa shape index (κ1) is 33.8. The van der Waals surface area contributed by atoms with E-state index in [0.29, 0.717) is 28.6 Å². The molecule has 35 heavy (non-hydrogen) atoms. The van der Waals surface area contributed by atoms with Crippen LogP contribution < -0.4 is 167 Å². The van der Waals surface area contributed by atoms with Gasteiger partial charge in [0.1, 0.15) is 23.7 Å². The van der Waals surface area contributed by atoms with Gasteiger partial charge in [-0.1, -0.05) is 12.5 Å². The number of aromatic hydroxyl groups is 1. The molecule has 1 amide bonds. The van der Waals surface area contributed by atoms with Gasteiger partial charge in [-0.2, -0.15) is 8.42 Å². The number of phenols is 1. The number of nitrogens with zero attached hydrogens (tertiary/aromatic N) is 1. The number of carbonyl (C=O) groups excluding carboxylic acids is 2. The molecule has 0 bridgehead atoms. The van der Waals surface area contributed by atoms with Crippen LogP contribution in [0.1, 0.15) is 25.7 Å². The molecule has 2 aromatic rings. The van der Waals surface area contributed by atoms with Crippen LogP contribution in [0.4, 0.5) is 14.9 Å². The summed E-state index contributed by atoms with van der Waals surface area (Å²) in [6.45, 7) is 0.451. The van der Waals surface area contributed by atoms with Crippen LogP contribution >= 0.6 is 0 Å². The van der Waals surface area contributed by atoms with Gasteiger partial charge in [-0.15, -0.1) is 0 Å². The monoisotopic (exact) mass is 749 g/mol. The van der Waals surface area contributed by atoms with Crippen molar-refractivity contribution >= 4 is 38.7 Å². The average molecular weight is 749 g/mol. The molecular formula is C20H22Cs2FN3O8S. The van der Waals surface area contributed by atoms with Gasteiger partial charge in [0, 0.05) is 5.39 Å². The Morgan fingerprint density at radius 3 is 2.37 bits per heavy atom. The van der Waals surface area contributed by atoms with Gasteiger partial charge in [0.15, 0.2) is 5.82 Å². The molecule has 1 heterocycles. The standard InChI is InChI=1S/C19H22FN3O5S.CH2O3.2Cs/c20-17-14-9-13(28-7-6-19(11-21)4-1-5-19)3-2-12(14)8-15(24)18(17)23-10-16(25)22-29(23,26)27;2-1(3)4;;/h2-3,8-9,24H,1,4-7,10-11,21H2,(H,22,25);(H2,2,3,4);;/q;;2*+1/p-2. The molecule has 2 aliphatic rings. The Morgan fingerprint density at radius 1 is 1.26 bits per heavy atom. The third-order valence-corrected chi connectivity index (χ3v) is 7.20. The van der Waals surface area contributed by atoms with Crippen molar-refractivity contribution in [2.24, 2.45) is 11.1 Å². The number of halogens is 1. The molecule has 1 saturated carbocycles. The normalized spacial score (nSPS) is 17.1. The maximum absolute atomic E-state index is 15.2. The number of ether oxygens (including phenoxy) is 1. The number of benzene rings is 2. The summed E-state index contributed by atoms with van der Waals surface area (Å²) in [5, 5.41) is 27.3. The number of carbonyl (C=O) groups is 2. The minimum Gasteiger partial charge on any atom is -0.652 e. The minimum absolute atomic E-state index is 0. The third-order valence-electron chi connectivity index (χ3n) is 5.82. The molecule has 1 saturated heterocycles. The minimum atomic E-state index is -4.25. The molecule has 15 heteroatoms. The van der Waals surface area contributed by atoms with Gasteiger partial charge in [0.2, 0.25) is 0 Å². The van der Waals surface area contributed by atoms with Gasteiger partial charge in [-0.3, -0.25) is 4.79 Å². The number of amides is 1. The summed E-state index contributed by atoms with van der Waals surface area (Å²) in [4.78, 5) is 19.8. The molecule has 0 aromatic heterocycles. The van der Waals surface area contributed by atoms with E-state index in [9.17, 15) is 18.3 Å². The number of nitrogens with two attached hydrogens (primary N) is 1. The van der Waals surface area contributed by atoms with E-state index in [-0.39, 0.29) is 149 Å². The van der Waals surface area contributed by atoms with E-state index >= 15 is 4.39 Å². The summed E-state index contributed by atoms with van der Waals surface area (Å²) in [6.07, 6.45) is 1.81. The molecule has 11 nitrogen and oxygen atoms in total. The van der Waals surface area contributed by atoms with Gasteiger partial charge in [0.25, 0.3) is 5.91 Å². The zero-order valence-electron chi connectivity index (χ0n) is 19.4. The van der Waals surface area contributed by atoms with Gasteiger partial charge in [0.05, 0.1) is 6.61 Å². The van der Waals surface area contributed by atoms with Crippen LogP contribution in [-0.4, -0.2) is 45.3 Å². The first-order chi connectivity index (χ1) is 15.5. The van der Waals surface area contributed by atoms with Crippen molar-refractivity contribution in [1.29, 1.82) is 0 Å².